The second kappa shape index (κ2) is 10.4. The Hall–Kier alpha value is -2.97. The molecule has 0 spiro atoms. The Bertz CT molecular complexity index is 1040. The third-order valence-corrected chi connectivity index (χ3v) is 5.57. The molecule has 1 aliphatic rings. The van der Waals surface area contributed by atoms with E-state index < -0.39 is 11.9 Å². The predicted octanol–water partition coefficient (Wildman–Crippen LogP) is 4.53. The van der Waals surface area contributed by atoms with Gasteiger partial charge in [0.25, 0.3) is 11.1 Å². The number of amides is 2. The highest BCUT2D eigenvalue weighted by molar-refractivity contribution is 8.18. The number of rotatable bonds is 8. The number of imide groups is 1. The molecule has 3 rings (SSSR count). The highest BCUT2D eigenvalue weighted by Crippen LogP contribution is 2.35. The van der Waals surface area contributed by atoms with Crippen LogP contribution in [0.1, 0.15) is 18.1 Å². The molecule has 162 valence electrons. The molecule has 0 N–H and O–H groups in total. The highest BCUT2D eigenvalue weighted by atomic mass is 35.5. The summed E-state index contributed by atoms with van der Waals surface area (Å²) in [5, 5.41) is 0.118. The molecule has 0 radical (unpaired) electrons. The summed E-state index contributed by atoms with van der Waals surface area (Å²) in [6, 6.07) is 12.1. The molecule has 31 heavy (non-hydrogen) atoms. The summed E-state index contributed by atoms with van der Waals surface area (Å²) in [4.78, 5) is 38.2. The first-order chi connectivity index (χ1) is 14.9. The summed E-state index contributed by atoms with van der Waals surface area (Å²) >= 11 is 7.00. The van der Waals surface area contributed by atoms with Crippen molar-refractivity contribution >= 4 is 46.6 Å². The van der Waals surface area contributed by atoms with E-state index in [2.05, 4.69) is 0 Å². The van der Waals surface area contributed by atoms with Gasteiger partial charge in [-0.3, -0.25) is 14.5 Å². The number of hydrogen-bond acceptors (Lipinski definition) is 7. The fraction of sp³-hybridized carbons (Fsp3) is 0.227. The van der Waals surface area contributed by atoms with Crippen LogP contribution in [-0.4, -0.2) is 42.3 Å². The minimum atomic E-state index is -0.504. The minimum Gasteiger partial charge on any atom is -0.493 e. The standard InChI is InChI=1S/C22H20ClNO6S/c1-3-29-20(25)13-30-18-10-14(8-9-17(18)28-2)11-19-21(26)24(22(27)31-19)12-15-6-4-5-7-16(15)23/h4-11H,3,12-13H2,1-2H3/b19-11-. The molecule has 0 saturated carbocycles. The predicted molar refractivity (Wildman–Crippen MR) is 118 cm³/mol. The van der Waals surface area contributed by atoms with Crippen molar-refractivity contribution in [2.45, 2.75) is 13.5 Å². The van der Waals surface area contributed by atoms with E-state index in [0.29, 0.717) is 27.6 Å². The normalized spacial score (nSPS) is 14.8. The quantitative estimate of drug-likeness (QED) is 0.422. The third kappa shape index (κ3) is 5.59. The van der Waals surface area contributed by atoms with Crippen molar-refractivity contribution < 1.29 is 28.6 Å². The minimum absolute atomic E-state index is 0.0954. The van der Waals surface area contributed by atoms with Crippen molar-refractivity contribution in [3.8, 4) is 11.5 Å². The highest BCUT2D eigenvalue weighted by Gasteiger charge is 2.35. The Kier molecular flexibility index (Phi) is 7.59. The van der Waals surface area contributed by atoms with Gasteiger partial charge in [-0.15, -0.1) is 0 Å². The number of halogens is 1. The van der Waals surface area contributed by atoms with E-state index in [4.69, 9.17) is 25.8 Å². The lowest BCUT2D eigenvalue weighted by molar-refractivity contribution is -0.145. The van der Waals surface area contributed by atoms with Gasteiger partial charge < -0.3 is 14.2 Å². The van der Waals surface area contributed by atoms with E-state index in [1.165, 1.54) is 7.11 Å². The number of ether oxygens (including phenoxy) is 3. The van der Waals surface area contributed by atoms with Crippen LogP contribution in [0, 0.1) is 0 Å². The van der Waals surface area contributed by atoms with Crippen molar-refractivity contribution in [3.05, 3.63) is 63.5 Å². The molecule has 0 aliphatic carbocycles. The number of methoxy groups -OCH3 is 1. The number of hydrogen-bond donors (Lipinski definition) is 0. The van der Waals surface area contributed by atoms with Crippen molar-refractivity contribution in [3.63, 3.8) is 0 Å². The van der Waals surface area contributed by atoms with Gasteiger partial charge in [-0.2, -0.15) is 0 Å². The van der Waals surface area contributed by atoms with Crippen LogP contribution in [0.2, 0.25) is 5.02 Å². The molecule has 7 nitrogen and oxygen atoms in total. The Morgan fingerprint density at radius 1 is 1.16 bits per heavy atom. The fourth-order valence-corrected chi connectivity index (χ4v) is 3.85. The summed E-state index contributed by atoms with van der Waals surface area (Å²) in [5.41, 5.74) is 1.30. The smallest absolute Gasteiger partial charge is 0.344 e. The van der Waals surface area contributed by atoms with Crippen LogP contribution in [-0.2, 0) is 20.9 Å². The van der Waals surface area contributed by atoms with E-state index in [9.17, 15) is 14.4 Å². The summed E-state index contributed by atoms with van der Waals surface area (Å²) in [5.74, 6) is -0.164. The SMILES string of the molecule is CCOC(=O)COc1cc(/C=C2\SC(=O)N(Cc3ccccc3Cl)C2=O)ccc1OC. The molecule has 2 aromatic rings. The molecular formula is C22H20ClNO6S. The largest absolute Gasteiger partial charge is 0.493 e. The maximum Gasteiger partial charge on any atom is 0.344 e. The van der Waals surface area contributed by atoms with E-state index in [1.54, 1.807) is 55.5 Å². The Labute approximate surface area is 188 Å². The number of nitrogens with zero attached hydrogens (tertiary/aromatic N) is 1. The summed E-state index contributed by atoms with van der Waals surface area (Å²) < 4.78 is 15.6. The second-order valence-corrected chi connectivity index (χ2v) is 7.76. The second-order valence-electron chi connectivity index (χ2n) is 6.36. The topological polar surface area (TPSA) is 82.1 Å². The van der Waals surface area contributed by atoms with Crippen molar-refractivity contribution in [2.75, 3.05) is 20.3 Å². The number of carbonyl (C=O) groups excluding carboxylic acids is 3. The van der Waals surface area contributed by atoms with Crippen LogP contribution >= 0.6 is 23.4 Å². The lowest BCUT2D eigenvalue weighted by atomic mass is 10.1. The summed E-state index contributed by atoms with van der Waals surface area (Å²) in [6.45, 7) is 1.78. The van der Waals surface area contributed by atoms with Gasteiger partial charge in [-0.05, 0) is 54.1 Å². The number of esters is 1. The molecular weight excluding hydrogens is 442 g/mol. The van der Waals surface area contributed by atoms with E-state index in [1.807, 2.05) is 0 Å². The van der Waals surface area contributed by atoms with Gasteiger partial charge in [-0.1, -0.05) is 35.9 Å². The molecule has 1 heterocycles. The van der Waals surface area contributed by atoms with E-state index in [-0.39, 0.29) is 29.9 Å². The van der Waals surface area contributed by atoms with Gasteiger partial charge in [-0.25, -0.2) is 4.79 Å². The van der Waals surface area contributed by atoms with Gasteiger partial charge in [0.05, 0.1) is 25.2 Å². The monoisotopic (exact) mass is 461 g/mol. The molecule has 2 amide bonds. The number of benzene rings is 2. The first-order valence-corrected chi connectivity index (χ1v) is 10.6. The first-order valence-electron chi connectivity index (χ1n) is 9.38. The molecule has 0 bridgehead atoms. The zero-order chi connectivity index (χ0) is 22.4. The van der Waals surface area contributed by atoms with Crippen molar-refractivity contribution in [2.24, 2.45) is 0 Å². The maximum absolute atomic E-state index is 12.8. The summed E-state index contributed by atoms with van der Waals surface area (Å²) in [6.07, 6.45) is 1.59. The van der Waals surface area contributed by atoms with Crippen molar-refractivity contribution in [1.29, 1.82) is 0 Å². The molecule has 1 saturated heterocycles. The lowest BCUT2D eigenvalue weighted by Gasteiger charge is -2.13. The van der Waals surface area contributed by atoms with Crippen LogP contribution in [0.15, 0.2) is 47.4 Å². The van der Waals surface area contributed by atoms with Gasteiger partial charge in [0, 0.05) is 5.02 Å². The number of thioether (sulfide) groups is 1. The zero-order valence-electron chi connectivity index (χ0n) is 16.9. The molecule has 0 atom stereocenters. The van der Waals surface area contributed by atoms with E-state index in [0.717, 1.165) is 16.7 Å². The Morgan fingerprint density at radius 3 is 2.65 bits per heavy atom. The van der Waals surface area contributed by atoms with Gasteiger partial charge in [0.15, 0.2) is 18.1 Å². The van der Waals surface area contributed by atoms with Crippen LogP contribution in [0.4, 0.5) is 4.79 Å². The summed E-state index contributed by atoms with van der Waals surface area (Å²) in [7, 11) is 1.48. The molecule has 1 fully saturated rings. The maximum atomic E-state index is 12.8. The molecule has 0 aromatic heterocycles. The fourth-order valence-electron chi connectivity index (χ4n) is 2.82. The van der Waals surface area contributed by atoms with Gasteiger partial charge in [0.1, 0.15) is 0 Å². The molecule has 1 aliphatic heterocycles. The first kappa shape index (κ1) is 22.7. The molecule has 0 unspecified atom stereocenters. The van der Waals surface area contributed by atoms with Crippen LogP contribution in [0.5, 0.6) is 11.5 Å². The Balaban J connectivity index is 1.78. The molecule has 2 aromatic carbocycles. The van der Waals surface area contributed by atoms with Crippen molar-refractivity contribution in [1.82, 2.24) is 4.90 Å². The Morgan fingerprint density at radius 2 is 1.94 bits per heavy atom. The van der Waals surface area contributed by atoms with Gasteiger partial charge >= 0.3 is 5.97 Å². The third-order valence-electron chi connectivity index (χ3n) is 4.30. The zero-order valence-corrected chi connectivity index (χ0v) is 18.5. The molecule has 9 heteroatoms. The average molecular weight is 462 g/mol. The van der Waals surface area contributed by atoms with Crippen LogP contribution in [0.25, 0.3) is 6.08 Å². The van der Waals surface area contributed by atoms with E-state index >= 15 is 0 Å². The average Bonchev–Trinajstić information content (AvgIpc) is 3.01. The van der Waals surface area contributed by atoms with Crippen LogP contribution < -0.4 is 9.47 Å². The number of carbonyl (C=O) groups is 3. The lowest BCUT2D eigenvalue weighted by Crippen LogP contribution is -2.27. The van der Waals surface area contributed by atoms with Gasteiger partial charge in [0.2, 0.25) is 0 Å². The van der Waals surface area contributed by atoms with Crippen LogP contribution in [0.3, 0.4) is 0 Å².